The first-order valence-electron chi connectivity index (χ1n) is 6.80. The number of carbonyl (C=O) groups excluding carboxylic acids is 1. The smallest absolute Gasteiger partial charge is 0.267 e. The number of hydrogen-bond donors (Lipinski definition) is 1. The van der Waals surface area contributed by atoms with Gasteiger partial charge in [0.25, 0.3) is 5.91 Å². The Morgan fingerprint density at radius 2 is 1.81 bits per heavy atom. The van der Waals surface area contributed by atoms with Crippen molar-refractivity contribution in [1.82, 2.24) is 5.43 Å². The Morgan fingerprint density at radius 3 is 2.43 bits per heavy atom. The van der Waals surface area contributed by atoms with Gasteiger partial charge in [-0.3, -0.25) is 4.79 Å². The minimum absolute atomic E-state index is 0.0133. The van der Waals surface area contributed by atoms with Crippen LogP contribution in [0.1, 0.15) is 34.8 Å². The van der Waals surface area contributed by atoms with Gasteiger partial charge >= 0.3 is 0 Å². The molecule has 0 fully saturated rings. The summed E-state index contributed by atoms with van der Waals surface area (Å²) in [6, 6.07) is 13.7. The molecule has 0 aromatic heterocycles. The first-order chi connectivity index (χ1) is 10.1. The molecule has 3 nitrogen and oxygen atoms in total. The molecular formula is C17H17FN2O. The van der Waals surface area contributed by atoms with Gasteiger partial charge in [0, 0.05) is 0 Å². The number of nitrogens with one attached hydrogen (secondary N) is 1. The highest BCUT2D eigenvalue weighted by Crippen LogP contribution is 2.08. The van der Waals surface area contributed by atoms with Crippen LogP contribution in [-0.4, -0.2) is 11.6 Å². The molecule has 1 amide bonds. The predicted octanol–water partition coefficient (Wildman–Crippen LogP) is 3.68. The van der Waals surface area contributed by atoms with Gasteiger partial charge in [0.05, 0.1) is 11.3 Å². The standard InChI is InChI=1S/C17H17FN2O/c1-3-16(13-10-8-12(2)9-11-13)19-20-17(21)14-6-4-5-7-15(14)18/h4-11H,3H2,1-2H3,(H,20,21)/b19-16-. The minimum Gasteiger partial charge on any atom is -0.267 e. The molecule has 0 heterocycles. The molecule has 0 bridgehead atoms. The number of rotatable bonds is 4. The average Bonchev–Trinajstić information content (AvgIpc) is 2.49. The number of amides is 1. The predicted molar refractivity (Wildman–Crippen MR) is 81.9 cm³/mol. The van der Waals surface area contributed by atoms with E-state index in [2.05, 4.69) is 10.5 Å². The van der Waals surface area contributed by atoms with Crippen molar-refractivity contribution in [2.24, 2.45) is 5.10 Å². The van der Waals surface area contributed by atoms with Crippen LogP contribution < -0.4 is 5.43 Å². The minimum atomic E-state index is -0.557. The number of aryl methyl sites for hydroxylation is 1. The molecule has 0 aliphatic carbocycles. The van der Waals surface area contributed by atoms with Crippen LogP contribution in [0.15, 0.2) is 53.6 Å². The quantitative estimate of drug-likeness (QED) is 0.675. The topological polar surface area (TPSA) is 41.5 Å². The molecule has 0 aliphatic rings. The fraction of sp³-hybridized carbons (Fsp3) is 0.176. The SMILES string of the molecule is CC/C(=N/NC(=O)c1ccccc1F)c1ccc(C)cc1. The Labute approximate surface area is 123 Å². The van der Waals surface area contributed by atoms with E-state index in [9.17, 15) is 9.18 Å². The summed E-state index contributed by atoms with van der Waals surface area (Å²) in [4.78, 5) is 11.9. The monoisotopic (exact) mass is 284 g/mol. The lowest BCUT2D eigenvalue weighted by molar-refractivity contribution is 0.0951. The average molecular weight is 284 g/mol. The van der Waals surface area contributed by atoms with Crippen molar-refractivity contribution in [2.45, 2.75) is 20.3 Å². The Hall–Kier alpha value is -2.49. The summed E-state index contributed by atoms with van der Waals surface area (Å²) in [6.07, 6.45) is 0.667. The second kappa shape index (κ2) is 6.79. The van der Waals surface area contributed by atoms with Crippen molar-refractivity contribution in [3.63, 3.8) is 0 Å². The molecular weight excluding hydrogens is 267 g/mol. The van der Waals surface area contributed by atoms with E-state index in [-0.39, 0.29) is 5.56 Å². The molecule has 2 aromatic carbocycles. The van der Waals surface area contributed by atoms with Gasteiger partial charge in [0.1, 0.15) is 5.82 Å². The fourth-order valence-electron chi connectivity index (χ4n) is 1.92. The Morgan fingerprint density at radius 1 is 1.14 bits per heavy atom. The van der Waals surface area contributed by atoms with Crippen LogP contribution in [0.5, 0.6) is 0 Å². The number of hydrogen-bond acceptors (Lipinski definition) is 2. The molecule has 108 valence electrons. The van der Waals surface area contributed by atoms with E-state index in [1.54, 1.807) is 12.1 Å². The van der Waals surface area contributed by atoms with Crippen LogP contribution in [0.4, 0.5) is 4.39 Å². The van der Waals surface area contributed by atoms with Gasteiger partial charge in [-0.15, -0.1) is 0 Å². The molecule has 0 aliphatic heterocycles. The number of nitrogens with zero attached hydrogens (tertiary/aromatic N) is 1. The number of benzene rings is 2. The van der Waals surface area contributed by atoms with E-state index in [0.717, 1.165) is 16.8 Å². The van der Waals surface area contributed by atoms with Crippen LogP contribution in [0.2, 0.25) is 0 Å². The van der Waals surface area contributed by atoms with Gasteiger partial charge in [-0.05, 0) is 31.0 Å². The lowest BCUT2D eigenvalue weighted by Gasteiger charge is -2.06. The Bertz CT molecular complexity index is 663. The summed E-state index contributed by atoms with van der Waals surface area (Å²) in [5.74, 6) is -1.11. The molecule has 0 spiro atoms. The summed E-state index contributed by atoms with van der Waals surface area (Å²) < 4.78 is 13.5. The Kier molecular flexibility index (Phi) is 4.82. The molecule has 4 heteroatoms. The van der Waals surface area contributed by atoms with Crippen molar-refractivity contribution < 1.29 is 9.18 Å². The highest BCUT2D eigenvalue weighted by Gasteiger charge is 2.10. The van der Waals surface area contributed by atoms with E-state index in [0.29, 0.717) is 6.42 Å². The third-order valence-electron chi connectivity index (χ3n) is 3.13. The fourth-order valence-corrected chi connectivity index (χ4v) is 1.92. The van der Waals surface area contributed by atoms with Crippen LogP contribution >= 0.6 is 0 Å². The zero-order valence-electron chi connectivity index (χ0n) is 12.1. The molecule has 0 unspecified atom stereocenters. The molecule has 0 saturated carbocycles. The Balaban J connectivity index is 2.16. The number of halogens is 1. The largest absolute Gasteiger partial charge is 0.274 e. The highest BCUT2D eigenvalue weighted by atomic mass is 19.1. The first kappa shape index (κ1) is 14.9. The van der Waals surface area contributed by atoms with Gasteiger partial charge in [-0.1, -0.05) is 48.9 Å². The zero-order chi connectivity index (χ0) is 15.2. The van der Waals surface area contributed by atoms with E-state index in [1.807, 2.05) is 38.1 Å². The van der Waals surface area contributed by atoms with Crippen molar-refractivity contribution in [2.75, 3.05) is 0 Å². The van der Waals surface area contributed by atoms with E-state index in [1.165, 1.54) is 12.1 Å². The molecule has 21 heavy (non-hydrogen) atoms. The normalized spacial score (nSPS) is 11.3. The highest BCUT2D eigenvalue weighted by molar-refractivity contribution is 6.02. The summed E-state index contributed by atoms with van der Waals surface area (Å²) >= 11 is 0. The first-order valence-corrected chi connectivity index (χ1v) is 6.80. The lowest BCUT2D eigenvalue weighted by Crippen LogP contribution is -2.21. The molecule has 0 radical (unpaired) electrons. The lowest BCUT2D eigenvalue weighted by atomic mass is 10.1. The van der Waals surface area contributed by atoms with Gasteiger partial charge in [0.15, 0.2) is 0 Å². The zero-order valence-corrected chi connectivity index (χ0v) is 12.1. The van der Waals surface area contributed by atoms with Crippen molar-refractivity contribution in [1.29, 1.82) is 0 Å². The van der Waals surface area contributed by atoms with Gasteiger partial charge in [-0.2, -0.15) is 5.10 Å². The third-order valence-corrected chi connectivity index (χ3v) is 3.13. The molecule has 2 rings (SSSR count). The summed E-state index contributed by atoms with van der Waals surface area (Å²) in [5.41, 5.74) is 5.25. The number of hydrazone groups is 1. The van der Waals surface area contributed by atoms with Crippen molar-refractivity contribution >= 4 is 11.6 Å². The number of carbonyl (C=O) groups is 1. The van der Waals surface area contributed by atoms with Crippen LogP contribution in [0.25, 0.3) is 0 Å². The van der Waals surface area contributed by atoms with E-state index >= 15 is 0 Å². The molecule has 2 aromatic rings. The van der Waals surface area contributed by atoms with Crippen LogP contribution in [0.3, 0.4) is 0 Å². The van der Waals surface area contributed by atoms with Gasteiger partial charge in [-0.25, -0.2) is 9.82 Å². The molecule has 0 saturated heterocycles. The maximum atomic E-state index is 13.5. The van der Waals surface area contributed by atoms with Crippen LogP contribution in [-0.2, 0) is 0 Å². The van der Waals surface area contributed by atoms with Crippen LogP contribution in [0, 0.1) is 12.7 Å². The maximum absolute atomic E-state index is 13.5. The summed E-state index contributed by atoms with van der Waals surface area (Å²) in [6.45, 7) is 3.96. The maximum Gasteiger partial charge on any atom is 0.274 e. The van der Waals surface area contributed by atoms with Crippen molar-refractivity contribution in [3.05, 3.63) is 71.0 Å². The second-order valence-electron chi connectivity index (χ2n) is 4.70. The molecule has 1 N–H and O–H groups in total. The third kappa shape index (κ3) is 3.75. The second-order valence-corrected chi connectivity index (χ2v) is 4.70. The van der Waals surface area contributed by atoms with Gasteiger partial charge in [0.2, 0.25) is 0 Å². The summed E-state index contributed by atoms with van der Waals surface area (Å²) in [5, 5.41) is 4.11. The van der Waals surface area contributed by atoms with E-state index in [4.69, 9.17) is 0 Å². The van der Waals surface area contributed by atoms with E-state index < -0.39 is 11.7 Å². The summed E-state index contributed by atoms with van der Waals surface area (Å²) in [7, 11) is 0. The molecule has 0 atom stereocenters. The van der Waals surface area contributed by atoms with Crippen molar-refractivity contribution in [3.8, 4) is 0 Å². The van der Waals surface area contributed by atoms with Gasteiger partial charge < -0.3 is 0 Å².